The second-order valence-electron chi connectivity index (χ2n) is 5.24. The Labute approximate surface area is 121 Å². The maximum Gasteiger partial charge on any atom is 0.237 e. The molecule has 0 aromatic heterocycles. The Hall–Kier alpha value is -0.370. The quantitative estimate of drug-likeness (QED) is 0.767. The molecule has 0 spiro atoms. The van der Waals surface area contributed by atoms with E-state index in [2.05, 4.69) is 0 Å². The van der Waals surface area contributed by atoms with Gasteiger partial charge in [0, 0.05) is 20.1 Å². The van der Waals surface area contributed by atoms with E-state index < -0.39 is 10.0 Å². The number of carbonyl (C=O) groups excluding carboxylic acids is 1. The number of likely N-dealkylation sites (N-methyl/N-ethyl adjacent to an activating group) is 1. The van der Waals surface area contributed by atoms with E-state index in [-0.39, 0.29) is 36.0 Å². The summed E-state index contributed by atoms with van der Waals surface area (Å²) in [5, 5.41) is 0. The van der Waals surface area contributed by atoms with Gasteiger partial charge in [-0.15, -0.1) is 12.4 Å². The predicted molar refractivity (Wildman–Crippen MR) is 77.7 cm³/mol. The molecular weight excluding hydrogens is 290 g/mol. The lowest BCUT2D eigenvalue weighted by atomic mass is 9.90. The van der Waals surface area contributed by atoms with Gasteiger partial charge >= 0.3 is 0 Å². The number of halogens is 1. The molecule has 114 valence electrons. The normalized spacial score (nSPS) is 23.5. The lowest BCUT2D eigenvalue weighted by molar-refractivity contribution is -0.130. The van der Waals surface area contributed by atoms with E-state index in [0.717, 1.165) is 10.7 Å². The van der Waals surface area contributed by atoms with E-state index in [4.69, 9.17) is 5.73 Å². The van der Waals surface area contributed by atoms with Crippen LogP contribution in [0.2, 0.25) is 0 Å². The third kappa shape index (κ3) is 4.59. The van der Waals surface area contributed by atoms with E-state index in [1.54, 1.807) is 11.8 Å². The van der Waals surface area contributed by atoms with Crippen LogP contribution in [0.4, 0.5) is 0 Å². The van der Waals surface area contributed by atoms with Crippen LogP contribution in [0.15, 0.2) is 0 Å². The van der Waals surface area contributed by atoms with E-state index in [1.165, 1.54) is 7.05 Å². The zero-order chi connectivity index (χ0) is 14.0. The zero-order valence-corrected chi connectivity index (χ0v) is 13.4. The number of nitrogens with zero attached hydrogens (tertiary/aromatic N) is 2. The molecule has 0 aliphatic carbocycles. The van der Waals surface area contributed by atoms with Crippen LogP contribution < -0.4 is 5.73 Å². The minimum atomic E-state index is -3.30. The third-order valence-corrected chi connectivity index (χ3v) is 5.41. The number of carbonyl (C=O) groups is 1. The predicted octanol–water partition coefficient (Wildman–Crippen LogP) is -0.113. The van der Waals surface area contributed by atoms with Crippen molar-refractivity contribution in [3.63, 3.8) is 0 Å². The first-order valence-electron chi connectivity index (χ1n) is 6.16. The van der Waals surface area contributed by atoms with Crippen molar-refractivity contribution < 1.29 is 13.2 Å². The van der Waals surface area contributed by atoms with Crippen LogP contribution in [0.3, 0.4) is 0 Å². The highest BCUT2D eigenvalue weighted by atomic mass is 35.5. The fraction of sp³-hybridized carbons (Fsp3) is 0.909. The van der Waals surface area contributed by atoms with Crippen LogP contribution in [0.25, 0.3) is 0 Å². The van der Waals surface area contributed by atoms with Crippen molar-refractivity contribution in [2.45, 2.75) is 20.3 Å². The summed E-state index contributed by atoms with van der Waals surface area (Å²) in [6.45, 7) is 5.34. The Morgan fingerprint density at radius 1 is 1.47 bits per heavy atom. The highest BCUT2D eigenvalue weighted by Gasteiger charge is 2.35. The number of likely N-dealkylation sites (tertiary alicyclic amines) is 1. The van der Waals surface area contributed by atoms with Crippen molar-refractivity contribution >= 4 is 28.3 Å². The minimum Gasteiger partial charge on any atom is -0.341 e. The van der Waals surface area contributed by atoms with Crippen molar-refractivity contribution in [2.75, 3.05) is 39.0 Å². The molecule has 0 radical (unpaired) electrons. The average molecular weight is 314 g/mol. The molecule has 1 atom stereocenters. The van der Waals surface area contributed by atoms with Crippen molar-refractivity contribution in [2.24, 2.45) is 11.1 Å². The zero-order valence-electron chi connectivity index (χ0n) is 11.8. The maximum absolute atomic E-state index is 12.0. The van der Waals surface area contributed by atoms with Gasteiger partial charge in [-0.2, -0.15) is 4.31 Å². The number of hydrogen-bond acceptors (Lipinski definition) is 4. The number of amides is 1. The fourth-order valence-electron chi connectivity index (χ4n) is 2.01. The van der Waals surface area contributed by atoms with Crippen molar-refractivity contribution in [1.82, 2.24) is 9.21 Å². The molecule has 1 amide bonds. The Morgan fingerprint density at radius 3 is 2.47 bits per heavy atom. The molecule has 1 unspecified atom stereocenters. The molecule has 19 heavy (non-hydrogen) atoms. The summed E-state index contributed by atoms with van der Waals surface area (Å²) in [5.74, 6) is -0.135. The number of hydrogen-bond donors (Lipinski definition) is 1. The van der Waals surface area contributed by atoms with E-state index in [1.807, 2.05) is 6.92 Å². The van der Waals surface area contributed by atoms with Gasteiger partial charge in [0.05, 0.1) is 12.3 Å². The average Bonchev–Trinajstić information content (AvgIpc) is 2.72. The van der Waals surface area contributed by atoms with E-state index >= 15 is 0 Å². The van der Waals surface area contributed by atoms with Gasteiger partial charge in [-0.05, 0) is 25.3 Å². The summed E-state index contributed by atoms with van der Waals surface area (Å²) in [6.07, 6.45) is 0.874. The van der Waals surface area contributed by atoms with Gasteiger partial charge in [-0.25, -0.2) is 8.42 Å². The first kappa shape index (κ1) is 18.6. The van der Waals surface area contributed by atoms with E-state index in [9.17, 15) is 13.2 Å². The summed E-state index contributed by atoms with van der Waals surface area (Å²) in [5.41, 5.74) is 5.65. The molecule has 1 rings (SSSR count). The van der Waals surface area contributed by atoms with Gasteiger partial charge in [-0.1, -0.05) is 6.92 Å². The third-order valence-electron chi connectivity index (χ3n) is 3.60. The molecule has 0 bridgehead atoms. The number of nitrogens with two attached hydrogens (primary N) is 1. The molecule has 8 heteroatoms. The number of sulfonamides is 1. The van der Waals surface area contributed by atoms with Crippen LogP contribution in [0.1, 0.15) is 20.3 Å². The molecule has 0 saturated carbocycles. The van der Waals surface area contributed by atoms with Gasteiger partial charge in [0.15, 0.2) is 0 Å². The molecule has 1 saturated heterocycles. The smallest absolute Gasteiger partial charge is 0.237 e. The largest absolute Gasteiger partial charge is 0.341 e. The fourth-order valence-corrected chi connectivity index (χ4v) is 2.76. The summed E-state index contributed by atoms with van der Waals surface area (Å²) in [6, 6.07) is 0. The van der Waals surface area contributed by atoms with Gasteiger partial charge in [-0.3, -0.25) is 4.79 Å². The molecule has 1 aliphatic heterocycles. The number of rotatable bonds is 5. The van der Waals surface area contributed by atoms with Gasteiger partial charge in [0.1, 0.15) is 0 Å². The molecular formula is C11H24ClN3O3S. The highest BCUT2D eigenvalue weighted by Crippen LogP contribution is 2.28. The second-order valence-corrected chi connectivity index (χ2v) is 7.60. The van der Waals surface area contributed by atoms with E-state index in [0.29, 0.717) is 19.6 Å². The molecule has 1 fully saturated rings. The van der Waals surface area contributed by atoms with Crippen LogP contribution in [-0.2, 0) is 14.8 Å². The Bertz CT molecular complexity index is 415. The first-order valence-corrected chi connectivity index (χ1v) is 7.77. The lowest BCUT2D eigenvalue weighted by Crippen LogP contribution is -2.42. The molecule has 1 heterocycles. The molecule has 1 aliphatic rings. The molecule has 2 N–H and O–H groups in total. The Balaban J connectivity index is 0.00000324. The molecule has 0 aromatic rings. The van der Waals surface area contributed by atoms with Crippen LogP contribution in [0, 0.1) is 5.41 Å². The summed E-state index contributed by atoms with van der Waals surface area (Å²) in [7, 11) is -1.86. The molecule has 0 aromatic carbocycles. The second kappa shape index (κ2) is 6.88. The van der Waals surface area contributed by atoms with Gasteiger partial charge in [0.2, 0.25) is 15.9 Å². The van der Waals surface area contributed by atoms with Crippen molar-refractivity contribution in [3.8, 4) is 0 Å². The highest BCUT2D eigenvalue weighted by molar-refractivity contribution is 7.89. The van der Waals surface area contributed by atoms with Crippen molar-refractivity contribution in [1.29, 1.82) is 0 Å². The Kier molecular flexibility index (Phi) is 6.74. The maximum atomic E-state index is 12.0. The SMILES string of the molecule is CCS(=O)(=O)N(C)CC(=O)N1CCC(C)(CN)C1.Cl. The van der Waals surface area contributed by atoms with Gasteiger partial charge < -0.3 is 10.6 Å². The first-order chi connectivity index (χ1) is 8.24. The standard InChI is InChI=1S/C11H23N3O3S.ClH/c1-4-18(16,17)13(3)7-10(15)14-6-5-11(2,8-12)9-14;/h4-9,12H2,1-3H3;1H. The summed E-state index contributed by atoms with van der Waals surface area (Å²) in [4.78, 5) is 13.7. The topological polar surface area (TPSA) is 83.7 Å². The Morgan fingerprint density at radius 2 is 2.05 bits per heavy atom. The summed E-state index contributed by atoms with van der Waals surface area (Å²) >= 11 is 0. The monoisotopic (exact) mass is 313 g/mol. The van der Waals surface area contributed by atoms with Crippen LogP contribution >= 0.6 is 12.4 Å². The minimum absolute atomic E-state index is 0. The molecule has 6 nitrogen and oxygen atoms in total. The van der Waals surface area contributed by atoms with Crippen molar-refractivity contribution in [3.05, 3.63) is 0 Å². The van der Waals surface area contributed by atoms with Crippen LogP contribution in [-0.4, -0.2) is 62.5 Å². The lowest BCUT2D eigenvalue weighted by Gasteiger charge is -2.24. The van der Waals surface area contributed by atoms with Crippen LogP contribution in [0.5, 0.6) is 0 Å². The van der Waals surface area contributed by atoms with Gasteiger partial charge in [0.25, 0.3) is 0 Å². The summed E-state index contributed by atoms with van der Waals surface area (Å²) < 4.78 is 24.3.